The van der Waals surface area contributed by atoms with Crippen LogP contribution in [0.5, 0.6) is 0 Å². The van der Waals surface area contributed by atoms with Crippen LogP contribution in [0, 0.1) is 11.8 Å². The minimum Gasteiger partial charge on any atom is -0.0654 e. The molecule has 2 atom stereocenters. The van der Waals surface area contributed by atoms with Gasteiger partial charge in [0, 0.05) is 0 Å². The second kappa shape index (κ2) is 22.3. The summed E-state index contributed by atoms with van der Waals surface area (Å²) in [5.41, 5.74) is 0. The van der Waals surface area contributed by atoms with E-state index in [2.05, 4.69) is 27.7 Å². The van der Waals surface area contributed by atoms with Crippen molar-refractivity contribution in [3.63, 3.8) is 0 Å². The average Bonchev–Trinajstić information content (AvgIpc) is 2.67. The first-order valence-corrected chi connectivity index (χ1v) is 13.2. The molecule has 0 radical (unpaired) electrons. The van der Waals surface area contributed by atoms with Crippen LogP contribution >= 0.6 is 0 Å². The van der Waals surface area contributed by atoms with E-state index in [4.69, 9.17) is 0 Å². The summed E-state index contributed by atoms with van der Waals surface area (Å²) >= 11 is 0. The number of hydrogen-bond acceptors (Lipinski definition) is 0. The fourth-order valence-electron chi connectivity index (χ4n) is 4.34. The lowest BCUT2D eigenvalue weighted by Crippen LogP contribution is -1.96. The third kappa shape index (κ3) is 22.2. The molecule has 0 amide bonds. The smallest absolute Gasteiger partial charge is 0.0443 e. The summed E-state index contributed by atoms with van der Waals surface area (Å²) < 4.78 is 0. The Bertz CT molecular complexity index is 257. The van der Waals surface area contributed by atoms with E-state index in [0.29, 0.717) is 0 Å². The summed E-state index contributed by atoms with van der Waals surface area (Å²) in [7, 11) is 0. The second-order valence-corrected chi connectivity index (χ2v) is 9.67. The lowest BCUT2D eigenvalue weighted by molar-refractivity contribution is 0.420. The van der Waals surface area contributed by atoms with Crippen LogP contribution in [0.25, 0.3) is 0 Å². The zero-order valence-corrected chi connectivity index (χ0v) is 20.0. The Morgan fingerprint density at radius 3 is 0.926 bits per heavy atom. The van der Waals surface area contributed by atoms with E-state index in [1.807, 2.05) is 0 Å². The Kier molecular flexibility index (Phi) is 22.3. The Hall–Kier alpha value is 0. The van der Waals surface area contributed by atoms with Gasteiger partial charge in [-0.05, 0) is 11.8 Å². The third-order valence-electron chi connectivity index (χ3n) is 6.49. The fraction of sp³-hybridized carbons (Fsp3) is 1.00. The van der Waals surface area contributed by atoms with Crippen LogP contribution in [0.4, 0.5) is 0 Å². The van der Waals surface area contributed by atoms with E-state index in [1.54, 1.807) is 0 Å². The lowest BCUT2D eigenvalue weighted by atomic mass is 9.94. The van der Waals surface area contributed by atoms with Gasteiger partial charge in [-0.1, -0.05) is 163 Å². The van der Waals surface area contributed by atoms with Crippen molar-refractivity contribution in [2.45, 2.75) is 163 Å². The molecule has 0 N–H and O–H groups in total. The van der Waals surface area contributed by atoms with Gasteiger partial charge in [0.25, 0.3) is 0 Å². The molecule has 0 aliphatic carbocycles. The molecule has 0 nitrogen and oxygen atoms in total. The molecule has 0 aromatic carbocycles. The van der Waals surface area contributed by atoms with E-state index in [0.717, 1.165) is 11.8 Å². The molecule has 2 unspecified atom stereocenters. The molecule has 164 valence electrons. The van der Waals surface area contributed by atoms with Crippen LogP contribution in [0.2, 0.25) is 0 Å². The predicted octanol–water partition coefficient (Wildman–Crippen LogP) is 10.5. The highest BCUT2D eigenvalue weighted by Crippen LogP contribution is 2.20. The average molecular weight is 381 g/mol. The molecule has 0 saturated heterocycles. The largest absolute Gasteiger partial charge is 0.0654 e. The molecule has 0 rings (SSSR count). The molecular weight excluding hydrogens is 324 g/mol. The fourth-order valence-corrected chi connectivity index (χ4v) is 4.34. The van der Waals surface area contributed by atoms with Gasteiger partial charge in [0.15, 0.2) is 0 Å². The van der Waals surface area contributed by atoms with Crippen molar-refractivity contribution in [3.8, 4) is 0 Å². The normalized spacial score (nSPS) is 13.8. The molecule has 0 aliphatic heterocycles. The van der Waals surface area contributed by atoms with Crippen molar-refractivity contribution in [2.75, 3.05) is 0 Å². The molecular formula is C27H56. The first kappa shape index (κ1) is 27.0. The Balaban J connectivity index is 3.20. The van der Waals surface area contributed by atoms with Gasteiger partial charge >= 0.3 is 0 Å². The molecule has 0 spiro atoms. The van der Waals surface area contributed by atoms with Crippen molar-refractivity contribution in [1.29, 1.82) is 0 Å². The zero-order valence-electron chi connectivity index (χ0n) is 20.0. The van der Waals surface area contributed by atoms with Crippen molar-refractivity contribution in [3.05, 3.63) is 0 Å². The molecule has 0 aromatic rings. The van der Waals surface area contributed by atoms with E-state index in [9.17, 15) is 0 Å². The minimum atomic E-state index is 0.964. The molecule has 0 heteroatoms. The molecule has 0 bridgehead atoms. The molecule has 0 heterocycles. The highest BCUT2D eigenvalue weighted by molar-refractivity contribution is 4.57. The summed E-state index contributed by atoms with van der Waals surface area (Å²) in [5, 5.41) is 0. The standard InChI is InChI=1S/C27H56/c1-5-7-9-10-11-12-13-14-16-19-24-27(4)25-21-18-15-17-20-23-26(3)22-8-6-2/h26-27H,5-25H2,1-4H3. The van der Waals surface area contributed by atoms with Crippen LogP contribution in [-0.4, -0.2) is 0 Å². The zero-order chi connectivity index (χ0) is 20.0. The lowest BCUT2D eigenvalue weighted by Gasteiger charge is -2.12. The van der Waals surface area contributed by atoms with Gasteiger partial charge in [-0.3, -0.25) is 0 Å². The molecule has 27 heavy (non-hydrogen) atoms. The molecule has 0 saturated carbocycles. The summed E-state index contributed by atoms with van der Waals surface area (Å²) in [6.45, 7) is 9.55. The molecule has 0 aromatic heterocycles. The monoisotopic (exact) mass is 380 g/mol. The van der Waals surface area contributed by atoms with Gasteiger partial charge < -0.3 is 0 Å². The first-order chi connectivity index (χ1) is 13.2. The highest BCUT2D eigenvalue weighted by atomic mass is 14.1. The topological polar surface area (TPSA) is 0 Å². The number of unbranched alkanes of at least 4 members (excludes halogenated alkanes) is 14. The molecule has 0 fully saturated rings. The van der Waals surface area contributed by atoms with E-state index >= 15 is 0 Å². The maximum atomic E-state index is 2.49. The SMILES string of the molecule is CCCCCCCCCCCCC(C)CCCCCCCC(C)CCCC. The van der Waals surface area contributed by atoms with Crippen LogP contribution in [0.15, 0.2) is 0 Å². The van der Waals surface area contributed by atoms with Gasteiger partial charge in [-0.15, -0.1) is 0 Å². The Labute approximate surface area is 174 Å². The van der Waals surface area contributed by atoms with Crippen LogP contribution < -0.4 is 0 Å². The Morgan fingerprint density at radius 1 is 0.333 bits per heavy atom. The summed E-state index contributed by atoms with van der Waals surface area (Å²) in [6, 6.07) is 0. The van der Waals surface area contributed by atoms with Crippen LogP contribution in [0.1, 0.15) is 163 Å². The molecule has 0 aliphatic rings. The van der Waals surface area contributed by atoms with Crippen molar-refractivity contribution in [2.24, 2.45) is 11.8 Å². The predicted molar refractivity (Wildman–Crippen MR) is 127 cm³/mol. The van der Waals surface area contributed by atoms with Gasteiger partial charge in [0.1, 0.15) is 0 Å². The van der Waals surface area contributed by atoms with Crippen molar-refractivity contribution >= 4 is 0 Å². The number of hydrogen-bond donors (Lipinski definition) is 0. The number of rotatable bonds is 22. The van der Waals surface area contributed by atoms with Gasteiger partial charge in [0.2, 0.25) is 0 Å². The van der Waals surface area contributed by atoms with Gasteiger partial charge in [-0.25, -0.2) is 0 Å². The quantitative estimate of drug-likeness (QED) is 0.164. The third-order valence-corrected chi connectivity index (χ3v) is 6.49. The maximum absolute atomic E-state index is 2.49. The van der Waals surface area contributed by atoms with Gasteiger partial charge in [0.05, 0.1) is 0 Å². The summed E-state index contributed by atoms with van der Waals surface area (Å²) in [5.74, 6) is 1.93. The van der Waals surface area contributed by atoms with Crippen molar-refractivity contribution in [1.82, 2.24) is 0 Å². The van der Waals surface area contributed by atoms with E-state index in [-0.39, 0.29) is 0 Å². The van der Waals surface area contributed by atoms with Gasteiger partial charge in [-0.2, -0.15) is 0 Å². The second-order valence-electron chi connectivity index (χ2n) is 9.67. The first-order valence-electron chi connectivity index (χ1n) is 13.2. The van der Waals surface area contributed by atoms with Crippen LogP contribution in [-0.2, 0) is 0 Å². The van der Waals surface area contributed by atoms with Crippen LogP contribution in [0.3, 0.4) is 0 Å². The summed E-state index contributed by atoms with van der Waals surface area (Å²) in [4.78, 5) is 0. The minimum absolute atomic E-state index is 0.964. The van der Waals surface area contributed by atoms with E-state index in [1.165, 1.54) is 135 Å². The Morgan fingerprint density at radius 2 is 0.593 bits per heavy atom. The maximum Gasteiger partial charge on any atom is -0.0443 e. The van der Waals surface area contributed by atoms with E-state index < -0.39 is 0 Å². The van der Waals surface area contributed by atoms with Crippen molar-refractivity contribution < 1.29 is 0 Å². The summed E-state index contributed by atoms with van der Waals surface area (Å²) in [6.07, 6.45) is 30.7. The highest BCUT2D eigenvalue weighted by Gasteiger charge is 2.03.